The molecule has 0 atom stereocenters. The molecule has 4 rings (SSSR count). The van der Waals surface area contributed by atoms with E-state index in [9.17, 15) is 9.59 Å². The summed E-state index contributed by atoms with van der Waals surface area (Å²) in [6.07, 6.45) is 6.66. The number of amides is 2. The average Bonchev–Trinajstić information content (AvgIpc) is 3.22. The monoisotopic (exact) mass is 348 g/mol. The summed E-state index contributed by atoms with van der Waals surface area (Å²) in [6.45, 7) is 1.11. The fraction of sp³-hybridized carbons (Fsp3) is 0.158. The van der Waals surface area contributed by atoms with Crippen LogP contribution in [-0.2, 0) is 13.0 Å². The van der Waals surface area contributed by atoms with E-state index in [1.165, 1.54) is 30.4 Å². The van der Waals surface area contributed by atoms with Crippen molar-refractivity contribution in [2.45, 2.75) is 13.0 Å². The Labute approximate surface area is 149 Å². The van der Waals surface area contributed by atoms with Gasteiger partial charge in [-0.2, -0.15) is 0 Å². The summed E-state index contributed by atoms with van der Waals surface area (Å²) in [5.74, 6) is -0.118. The normalized spacial score (nSPS) is 13.2. The molecule has 3 aromatic rings. The SMILES string of the molecule is O=C(Nc1ccc2c(c1)CN(C(=O)c1ccco1)CC2)c1cnccn1. The Kier molecular flexibility index (Phi) is 4.18. The van der Waals surface area contributed by atoms with E-state index >= 15 is 0 Å². The van der Waals surface area contributed by atoms with Gasteiger partial charge < -0.3 is 14.6 Å². The summed E-state index contributed by atoms with van der Waals surface area (Å²) in [6, 6.07) is 9.10. The van der Waals surface area contributed by atoms with Crippen LogP contribution in [0.4, 0.5) is 5.69 Å². The molecule has 2 amide bonds. The maximum atomic E-state index is 12.5. The highest BCUT2D eigenvalue weighted by Crippen LogP contribution is 2.24. The van der Waals surface area contributed by atoms with Gasteiger partial charge in [-0.05, 0) is 41.8 Å². The molecule has 0 spiro atoms. The van der Waals surface area contributed by atoms with Crippen LogP contribution in [0.25, 0.3) is 0 Å². The van der Waals surface area contributed by atoms with Crippen LogP contribution in [-0.4, -0.2) is 33.2 Å². The van der Waals surface area contributed by atoms with Gasteiger partial charge in [-0.3, -0.25) is 14.6 Å². The molecular formula is C19H16N4O3. The third-order valence-corrected chi connectivity index (χ3v) is 4.29. The zero-order valence-electron chi connectivity index (χ0n) is 13.9. The molecular weight excluding hydrogens is 332 g/mol. The number of carbonyl (C=O) groups is 2. The van der Waals surface area contributed by atoms with Crippen LogP contribution in [0, 0.1) is 0 Å². The molecule has 0 saturated carbocycles. The van der Waals surface area contributed by atoms with Gasteiger partial charge in [0.15, 0.2) is 5.76 Å². The van der Waals surface area contributed by atoms with Gasteiger partial charge in [0, 0.05) is 31.2 Å². The van der Waals surface area contributed by atoms with Crippen molar-refractivity contribution in [3.8, 4) is 0 Å². The summed E-state index contributed by atoms with van der Waals surface area (Å²) in [5.41, 5.74) is 3.09. The van der Waals surface area contributed by atoms with Gasteiger partial charge in [0.1, 0.15) is 5.69 Å². The largest absolute Gasteiger partial charge is 0.459 e. The molecule has 1 aromatic carbocycles. The van der Waals surface area contributed by atoms with Crippen molar-refractivity contribution in [2.24, 2.45) is 0 Å². The molecule has 0 unspecified atom stereocenters. The van der Waals surface area contributed by atoms with Crippen molar-refractivity contribution in [2.75, 3.05) is 11.9 Å². The maximum absolute atomic E-state index is 12.5. The summed E-state index contributed by atoms with van der Waals surface area (Å²) in [4.78, 5) is 34.3. The highest BCUT2D eigenvalue weighted by Gasteiger charge is 2.23. The van der Waals surface area contributed by atoms with E-state index in [0.29, 0.717) is 24.5 Å². The van der Waals surface area contributed by atoms with E-state index in [-0.39, 0.29) is 17.5 Å². The van der Waals surface area contributed by atoms with E-state index in [0.717, 1.165) is 12.0 Å². The number of nitrogens with one attached hydrogen (secondary N) is 1. The summed E-state index contributed by atoms with van der Waals surface area (Å²) < 4.78 is 5.20. The summed E-state index contributed by atoms with van der Waals surface area (Å²) in [7, 11) is 0. The fourth-order valence-electron chi connectivity index (χ4n) is 2.98. The molecule has 3 heterocycles. The quantitative estimate of drug-likeness (QED) is 0.786. The lowest BCUT2D eigenvalue weighted by Crippen LogP contribution is -2.35. The van der Waals surface area contributed by atoms with Crippen LogP contribution in [0.3, 0.4) is 0 Å². The topological polar surface area (TPSA) is 88.3 Å². The van der Waals surface area contributed by atoms with Crippen LogP contribution >= 0.6 is 0 Å². The first-order valence-electron chi connectivity index (χ1n) is 8.22. The Morgan fingerprint density at radius 3 is 2.85 bits per heavy atom. The number of carbonyl (C=O) groups excluding carboxylic acids is 2. The molecule has 2 aromatic heterocycles. The Hall–Kier alpha value is -3.48. The lowest BCUT2D eigenvalue weighted by Gasteiger charge is -2.28. The number of hydrogen-bond donors (Lipinski definition) is 1. The van der Waals surface area contributed by atoms with Gasteiger partial charge in [-0.1, -0.05) is 6.07 Å². The maximum Gasteiger partial charge on any atom is 0.289 e. The number of nitrogens with zero attached hydrogens (tertiary/aromatic N) is 3. The highest BCUT2D eigenvalue weighted by molar-refractivity contribution is 6.02. The highest BCUT2D eigenvalue weighted by atomic mass is 16.3. The second kappa shape index (κ2) is 6.79. The van der Waals surface area contributed by atoms with E-state index in [1.54, 1.807) is 17.0 Å². The number of furan rings is 1. The number of rotatable bonds is 3. The van der Waals surface area contributed by atoms with E-state index < -0.39 is 0 Å². The van der Waals surface area contributed by atoms with Crippen molar-refractivity contribution in [1.82, 2.24) is 14.9 Å². The zero-order valence-corrected chi connectivity index (χ0v) is 13.9. The van der Waals surface area contributed by atoms with Crippen LogP contribution in [0.15, 0.2) is 59.6 Å². The van der Waals surface area contributed by atoms with Gasteiger partial charge in [-0.15, -0.1) is 0 Å². The van der Waals surface area contributed by atoms with Crippen molar-refractivity contribution in [3.05, 3.63) is 77.8 Å². The first-order valence-corrected chi connectivity index (χ1v) is 8.22. The second-order valence-corrected chi connectivity index (χ2v) is 5.98. The van der Waals surface area contributed by atoms with Crippen LogP contribution in [0.2, 0.25) is 0 Å². The zero-order chi connectivity index (χ0) is 17.9. The number of anilines is 1. The minimum atomic E-state index is -0.322. The number of hydrogen-bond acceptors (Lipinski definition) is 5. The molecule has 26 heavy (non-hydrogen) atoms. The number of fused-ring (bicyclic) bond motifs is 1. The van der Waals surface area contributed by atoms with E-state index in [1.807, 2.05) is 18.2 Å². The summed E-state index contributed by atoms with van der Waals surface area (Å²) >= 11 is 0. The Bertz CT molecular complexity index is 939. The Morgan fingerprint density at radius 1 is 1.15 bits per heavy atom. The molecule has 130 valence electrons. The van der Waals surface area contributed by atoms with Gasteiger partial charge in [-0.25, -0.2) is 4.98 Å². The third kappa shape index (κ3) is 3.19. The van der Waals surface area contributed by atoms with Crippen molar-refractivity contribution in [3.63, 3.8) is 0 Å². The molecule has 1 aliphatic heterocycles. The van der Waals surface area contributed by atoms with Crippen molar-refractivity contribution < 1.29 is 14.0 Å². The lowest BCUT2D eigenvalue weighted by atomic mass is 9.99. The van der Waals surface area contributed by atoms with Crippen molar-refractivity contribution >= 4 is 17.5 Å². The van der Waals surface area contributed by atoms with E-state index in [4.69, 9.17) is 4.42 Å². The predicted octanol–water partition coefficient (Wildman–Crippen LogP) is 2.52. The predicted molar refractivity (Wildman–Crippen MR) is 93.6 cm³/mol. The van der Waals surface area contributed by atoms with Crippen molar-refractivity contribution in [1.29, 1.82) is 0 Å². The average molecular weight is 348 g/mol. The Morgan fingerprint density at radius 2 is 2.08 bits per heavy atom. The fourth-order valence-corrected chi connectivity index (χ4v) is 2.98. The second-order valence-electron chi connectivity index (χ2n) is 5.98. The molecule has 0 saturated heterocycles. The van der Waals surface area contributed by atoms with Crippen LogP contribution < -0.4 is 5.32 Å². The van der Waals surface area contributed by atoms with E-state index in [2.05, 4.69) is 15.3 Å². The standard InChI is InChI=1S/C19H16N4O3/c24-18(16-11-20-6-7-21-16)22-15-4-3-13-5-8-23(12-14(13)10-15)19(25)17-2-1-9-26-17/h1-4,6-7,9-11H,5,8,12H2,(H,22,24). The molecule has 7 nitrogen and oxygen atoms in total. The molecule has 0 radical (unpaired) electrons. The minimum Gasteiger partial charge on any atom is -0.459 e. The van der Waals surface area contributed by atoms with Gasteiger partial charge in [0.2, 0.25) is 0 Å². The van der Waals surface area contributed by atoms with Crippen LogP contribution in [0.5, 0.6) is 0 Å². The third-order valence-electron chi connectivity index (χ3n) is 4.29. The number of aromatic nitrogens is 2. The molecule has 0 bridgehead atoms. The van der Waals surface area contributed by atoms with Gasteiger partial charge >= 0.3 is 0 Å². The Balaban J connectivity index is 1.51. The van der Waals surface area contributed by atoms with Crippen LogP contribution in [0.1, 0.15) is 32.2 Å². The van der Waals surface area contributed by atoms with Gasteiger partial charge in [0.05, 0.1) is 12.5 Å². The lowest BCUT2D eigenvalue weighted by molar-refractivity contribution is 0.0702. The molecule has 1 N–H and O–H groups in total. The number of benzene rings is 1. The molecule has 1 aliphatic rings. The first-order chi connectivity index (χ1) is 12.7. The molecule has 0 fully saturated rings. The smallest absolute Gasteiger partial charge is 0.289 e. The molecule has 0 aliphatic carbocycles. The minimum absolute atomic E-state index is 0.130. The van der Waals surface area contributed by atoms with Gasteiger partial charge in [0.25, 0.3) is 11.8 Å². The first kappa shape index (κ1) is 16.0. The summed E-state index contributed by atoms with van der Waals surface area (Å²) in [5, 5.41) is 2.82. The molecule has 7 heteroatoms.